The highest BCUT2D eigenvalue weighted by atomic mass is 16.3. The van der Waals surface area contributed by atoms with Crippen molar-refractivity contribution in [1.29, 1.82) is 0 Å². The van der Waals surface area contributed by atoms with E-state index in [-0.39, 0.29) is 6.10 Å². The van der Waals surface area contributed by atoms with Crippen LogP contribution in [0.2, 0.25) is 0 Å². The zero-order chi connectivity index (χ0) is 11.4. The molecule has 0 aliphatic rings. The molecular formula is C13H21NO. The molecule has 0 bridgehead atoms. The molecule has 0 fully saturated rings. The van der Waals surface area contributed by atoms with E-state index in [4.69, 9.17) is 0 Å². The highest BCUT2D eigenvalue weighted by Crippen LogP contribution is 2.17. The molecule has 2 heteroatoms. The molecule has 1 N–H and O–H groups in total. The second kappa shape index (κ2) is 5.26. The summed E-state index contributed by atoms with van der Waals surface area (Å²) in [5.74, 6) is 0.818. The van der Waals surface area contributed by atoms with Crippen molar-refractivity contribution >= 4 is 0 Å². The van der Waals surface area contributed by atoms with Crippen LogP contribution in [0.15, 0.2) is 18.3 Å². The minimum atomic E-state index is -0.291. The monoisotopic (exact) mass is 207 g/mol. The molecule has 0 aliphatic heterocycles. The van der Waals surface area contributed by atoms with Gasteiger partial charge in [-0.15, -0.1) is 0 Å². The van der Waals surface area contributed by atoms with Crippen LogP contribution in [0, 0.1) is 18.8 Å². The van der Waals surface area contributed by atoms with Gasteiger partial charge in [0.05, 0.1) is 6.10 Å². The molecule has 84 valence electrons. The average Bonchev–Trinajstić information content (AvgIpc) is 2.20. The molecule has 0 saturated heterocycles. The maximum absolute atomic E-state index is 9.97. The molecule has 0 aromatic carbocycles. The Hall–Kier alpha value is -0.890. The van der Waals surface area contributed by atoms with E-state index in [1.165, 1.54) is 0 Å². The van der Waals surface area contributed by atoms with E-state index in [9.17, 15) is 5.11 Å². The highest BCUT2D eigenvalue weighted by molar-refractivity contribution is 5.12. The number of hydrogen-bond acceptors (Lipinski definition) is 2. The standard InChI is InChI=1S/C13H21NO/c1-9(2)11(4)13(15)7-12-6-5-10(3)8-14-12/h5-6,8-9,11,13,15H,7H2,1-4H3. The summed E-state index contributed by atoms with van der Waals surface area (Å²) < 4.78 is 0. The van der Waals surface area contributed by atoms with Crippen LogP contribution in [0.5, 0.6) is 0 Å². The Morgan fingerprint density at radius 1 is 1.27 bits per heavy atom. The Bertz CT molecular complexity index is 292. The van der Waals surface area contributed by atoms with Gasteiger partial charge in [0.15, 0.2) is 0 Å². The van der Waals surface area contributed by atoms with Crippen LogP contribution in [-0.4, -0.2) is 16.2 Å². The minimum Gasteiger partial charge on any atom is -0.392 e. The Morgan fingerprint density at radius 2 is 1.93 bits per heavy atom. The maximum Gasteiger partial charge on any atom is 0.0623 e. The summed E-state index contributed by atoms with van der Waals surface area (Å²) in [6, 6.07) is 4.03. The zero-order valence-corrected chi connectivity index (χ0v) is 10.1. The Balaban J connectivity index is 2.58. The van der Waals surface area contributed by atoms with Crippen molar-refractivity contribution < 1.29 is 5.11 Å². The topological polar surface area (TPSA) is 33.1 Å². The molecule has 0 spiro atoms. The normalized spacial score (nSPS) is 15.3. The van der Waals surface area contributed by atoms with Gasteiger partial charge in [-0.1, -0.05) is 26.8 Å². The van der Waals surface area contributed by atoms with Gasteiger partial charge in [0.2, 0.25) is 0 Å². The fourth-order valence-corrected chi connectivity index (χ4v) is 1.46. The first-order valence-corrected chi connectivity index (χ1v) is 5.60. The first-order valence-electron chi connectivity index (χ1n) is 5.60. The lowest BCUT2D eigenvalue weighted by Gasteiger charge is -2.21. The summed E-state index contributed by atoms with van der Waals surface area (Å²) in [6.07, 6.45) is 2.21. The summed E-state index contributed by atoms with van der Waals surface area (Å²) >= 11 is 0. The summed E-state index contributed by atoms with van der Waals surface area (Å²) in [5, 5.41) is 9.97. The van der Waals surface area contributed by atoms with Crippen molar-refractivity contribution in [3.05, 3.63) is 29.6 Å². The van der Waals surface area contributed by atoms with E-state index in [1.807, 2.05) is 25.3 Å². The van der Waals surface area contributed by atoms with Gasteiger partial charge in [-0.05, 0) is 30.4 Å². The predicted molar refractivity (Wildman–Crippen MR) is 62.7 cm³/mol. The second-order valence-corrected chi connectivity index (χ2v) is 4.70. The lowest BCUT2D eigenvalue weighted by Crippen LogP contribution is -2.24. The molecule has 0 radical (unpaired) electrons. The average molecular weight is 207 g/mol. The van der Waals surface area contributed by atoms with Crippen LogP contribution in [0.4, 0.5) is 0 Å². The number of aromatic nitrogens is 1. The van der Waals surface area contributed by atoms with Crippen molar-refractivity contribution in [1.82, 2.24) is 4.98 Å². The van der Waals surface area contributed by atoms with E-state index in [0.29, 0.717) is 18.3 Å². The van der Waals surface area contributed by atoms with Gasteiger partial charge in [-0.3, -0.25) is 4.98 Å². The smallest absolute Gasteiger partial charge is 0.0623 e. The third-order valence-corrected chi connectivity index (χ3v) is 3.05. The largest absolute Gasteiger partial charge is 0.392 e. The lowest BCUT2D eigenvalue weighted by molar-refractivity contribution is 0.0913. The van der Waals surface area contributed by atoms with Crippen molar-refractivity contribution in [2.75, 3.05) is 0 Å². The van der Waals surface area contributed by atoms with Crippen LogP contribution in [-0.2, 0) is 6.42 Å². The summed E-state index contributed by atoms with van der Waals surface area (Å²) in [7, 11) is 0. The molecule has 2 atom stereocenters. The Kier molecular flexibility index (Phi) is 4.28. The molecule has 1 aromatic rings. The minimum absolute atomic E-state index is 0.291. The summed E-state index contributed by atoms with van der Waals surface area (Å²) in [6.45, 7) is 8.38. The number of pyridine rings is 1. The quantitative estimate of drug-likeness (QED) is 0.823. The van der Waals surface area contributed by atoms with E-state index in [1.54, 1.807) is 0 Å². The van der Waals surface area contributed by atoms with Gasteiger partial charge in [0, 0.05) is 18.3 Å². The summed E-state index contributed by atoms with van der Waals surface area (Å²) in [4.78, 5) is 4.30. The first-order chi connectivity index (χ1) is 7.00. The van der Waals surface area contributed by atoms with Gasteiger partial charge >= 0.3 is 0 Å². The molecule has 0 saturated carbocycles. The number of aliphatic hydroxyl groups excluding tert-OH is 1. The van der Waals surface area contributed by atoms with Gasteiger partial charge in [0.1, 0.15) is 0 Å². The zero-order valence-electron chi connectivity index (χ0n) is 10.1. The Labute approximate surface area is 92.4 Å². The lowest BCUT2D eigenvalue weighted by atomic mass is 9.90. The van der Waals surface area contributed by atoms with Crippen LogP contribution in [0.3, 0.4) is 0 Å². The van der Waals surface area contributed by atoms with Crippen molar-refractivity contribution in [3.63, 3.8) is 0 Å². The molecule has 2 unspecified atom stereocenters. The predicted octanol–water partition coefficient (Wildman–Crippen LogP) is 2.59. The van der Waals surface area contributed by atoms with Crippen molar-refractivity contribution in [3.8, 4) is 0 Å². The second-order valence-electron chi connectivity index (χ2n) is 4.70. The molecule has 1 aromatic heterocycles. The molecule has 0 aliphatic carbocycles. The van der Waals surface area contributed by atoms with Gasteiger partial charge < -0.3 is 5.11 Å². The fourth-order valence-electron chi connectivity index (χ4n) is 1.46. The number of nitrogens with zero attached hydrogens (tertiary/aromatic N) is 1. The van der Waals surface area contributed by atoms with Crippen molar-refractivity contribution in [2.45, 2.75) is 40.2 Å². The van der Waals surface area contributed by atoms with Crippen LogP contribution in [0.25, 0.3) is 0 Å². The first kappa shape index (κ1) is 12.2. The maximum atomic E-state index is 9.97. The Morgan fingerprint density at radius 3 is 2.40 bits per heavy atom. The third kappa shape index (κ3) is 3.63. The van der Waals surface area contributed by atoms with E-state index in [2.05, 4.69) is 25.8 Å². The number of aliphatic hydroxyl groups is 1. The molecule has 0 amide bonds. The van der Waals surface area contributed by atoms with Crippen LogP contribution >= 0.6 is 0 Å². The van der Waals surface area contributed by atoms with E-state index >= 15 is 0 Å². The van der Waals surface area contributed by atoms with Gasteiger partial charge in [-0.2, -0.15) is 0 Å². The van der Waals surface area contributed by atoms with Crippen molar-refractivity contribution in [2.24, 2.45) is 11.8 Å². The van der Waals surface area contributed by atoms with Gasteiger partial charge in [-0.25, -0.2) is 0 Å². The number of aryl methyl sites for hydroxylation is 1. The number of rotatable bonds is 4. The molecule has 1 rings (SSSR count). The van der Waals surface area contributed by atoms with E-state index < -0.39 is 0 Å². The highest BCUT2D eigenvalue weighted by Gasteiger charge is 2.18. The molecule has 1 heterocycles. The summed E-state index contributed by atoms with van der Waals surface area (Å²) in [5.41, 5.74) is 2.13. The van der Waals surface area contributed by atoms with E-state index in [0.717, 1.165) is 11.3 Å². The van der Waals surface area contributed by atoms with Crippen LogP contribution < -0.4 is 0 Å². The van der Waals surface area contributed by atoms with Crippen LogP contribution in [0.1, 0.15) is 32.0 Å². The molecule has 2 nitrogen and oxygen atoms in total. The third-order valence-electron chi connectivity index (χ3n) is 3.05. The molecular weight excluding hydrogens is 186 g/mol. The molecule has 15 heavy (non-hydrogen) atoms. The SMILES string of the molecule is Cc1ccc(CC(O)C(C)C(C)C)nc1. The number of hydrogen-bond donors (Lipinski definition) is 1. The van der Waals surface area contributed by atoms with Gasteiger partial charge in [0.25, 0.3) is 0 Å². The fraction of sp³-hybridized carbons (Fsp3) is 0.615.